The van der Waals surface area contributed by atoms with Crippen LogP contribution in [0.4, 0.5) is 0 Å². The molecule has 0 aliphatic heterocycles. The number of benzene rings is 5. The maximum Gasteiger partial charge on any atom is 0.238 e. The molecule has 44 heavy (non-hydrogen) atoms. The third kappa shape index (κ3) is 3.96. The van der Waals surface area contributed by atoms with Gasteiger partial charge in [0.05, 0.1) is 11.0 Å². The van der Waals surface area contributed by atoms with Gasteiger partial charge in [-0.15, -0.1) is 0 Å². The summed E-state index contributed by atoms with van der Waals surface area (Å²) in [6, 6.07) is 42.9. The number of fused-ring (bicyclic) bond motifs is 6. The van der Waals surface area contributed by atoms with Crippen molar-refractivity contribution in [2.75, 3.05) is 0 Å². The Bertz CT molecular complexity index is 2370. The van der Waals surface area contributed by atoms with E-state index >= 15 is 0 Å². The fraction of sp³-hybridized carbons (Fsp3) is 0.0513. The molecule has 1 aliphatic rings. The molecule has 1 unspecified atom stereocenters. The molecule has 0 amide bonds. The normalized spacial score (nSPS) is 13.7. The highest BCUT2D eigenvalue weighted by atomic mass is 31.1. The first-order chi connectivity index (χ1) is 21.8. The predicted octanol–water partition coefficient (Wildman–Crippen LogP) is 10.8. The molecular weight excluding hydrogens is 555 g/mol. The van der Waals surface area contributed by atoms with Gasteiger partial charge in [-0.3, -0.25) is 4.57 Å². The van der Waals surface area contributed by atoms with Crippen molar-refractivity contribution < 1.29 is 0 Å². The highest BCUT2D eigenvalue weighted by molar-refractivity contribution is 7.71. The molecular formula is C39H27N4P. The summed E-state index contributed by atoms with van der Waals surface area (Å²) in [5, 5.41) is 9.53. The van der Waals surface area contributed by atoms with E-state index in [1.807, 2.05) is 36.4 Å². The van der Waals surface area contributed by atoms with Crippen LogP contribution in [0.15, 0.2) is 140 Å². The molecule has 0 radical (unpaired) electrons. The number of allylic oxidation sites excluding steroid dienone is 4. The monoisotopic (exact) mass is 582 g/mol. The van der Waals surface area contributed by atoms with Crippen LogP contribution in [0.5, 0.6) is 0 Å². The van der Waals surface area contributed by atoms with Crippen LogP contribution in [0.2, 0.25) is 0 Å². The number of hydrogen-bond donors (Lipinski definition) is 0. The lowest BCUT2D eigenvalue weighted by molar-refractivity contribution is 0.954. The molecule has 1 atom stereocenters. The van der Waals surface area contributed by atoms with Crippen LogP contribution in [-0.4, -0.2) is 19.5 Å². The van der Waals surface area contributed by atoms with Crippen LogP contribution in [-0.2, 0) is 0 Å². The van der Waals surface area contributed by atoms with Gasteiger partial charge in [-0.1, -0.05) is 129 Å². The Labute approximate surface area is 255 Å². The van der Waals surface area contributed by atoms with Gasteiger partial charge >= 0.3 is 0 Å². The van der Waals surface area contributed by atoms with E-state index in [9.17, 15) is 0 Å². The second-order valence-corrected chi connectivity index (χ2v) is 13.4. The molecule has 0 spiro atoms. The SMILES string of the molecule is C1=CCCC(p2c3ccccc3c3cc4c5ccccc5n(-c5nc(-c6ccccc6)nc(-c6ccccc6)n5)c4cc32)=C1. The van der Waals surface area contributed by atoms with E-state index < -0.39 is 7.53 Å². The van der Waals surface area contributed by atoms with Crippen LogP contribution in [0.1, 0.15) is 12.8 Å². The third-order valence-electron chi connectivity index (χ3n) is 8.63. The Morgan fingerprint density at radius 2 is 1.20 bits per heavy atom. The van der Waals surface area contributed by atoms with E-state index in [-0.39, 0.29) is 0 Å². The lowest BCUT2D eigenvalue weighted by atomic mass is 10.1. The standard InChI is InChI=1S/C39H27N4P/c1-4-14-26(15-5-1)37-40-38(27-16-6-2-7-17-27)42-39(41-37)43-33-22-12-10-20-29(33)31-24-32-30-21-11-13-23-35(30)44(36(32)25-34(31)43)28-18-8-3-9-19-28/h1-8,10-18,20-25H,9,19H2. The van der Waals surface area contributed by atoms with Crippen molar-refractivity contribution in [3.8, 4) is 28.7 Å². The molecule has 5 aromatic carbocycles. The minimum absolute atomic E-state index is 0.620. The summed E-state index contributed by atoms with van der Waals surface area (Å²) in [6.45, 7) is 0. The van der Waals surface area contributed by atoms with E-state index in [0.717, 1.165) is 35.0 Å². The van der Waals surface area contributed by atoms with Crippen molar-refractivity contribution in [2.24, 2.45) is 0 Å². The first-order valence-corrected chi connectivity index (χ1v) is 16.4. The summed E-state index contributed by atoms with van der Waals surface area (Å²) in [4.78, 5) is 15.2. The second kappa shape index (κ2) is 10.2. The number of nitrogens with zero attached hydrogens (tertiary/aromatic N) is 4. The van der Waals surface area contributed by atoms with Crippen LogP contribution in [0, 0.1) is 0 Å². The smallest absolute Gasteiger partial charge is 0.238 e. The quantitative estimate of drug-likeness (QED) is 0.207. The van der Waals surface area contributed by atoms with Crippen LogP contribution >= 0.6 is 7.53 Å². The molecule has 0 bridgehead atoms. The van der Waals surface area contributed by atoms with Crippen LogP contribution in [0.25, 0.3) is 76.9 Å². The minimum atomic E-state index is -0.620. The average molecular weight is 583 g/mol. The second-order valence-electron chi connectivity index (χ2n) is 11.2. The third-order valence-corrected chi connectivity index (χ3v) is 11.3. The zero-order valence-corrected chi connectivity index (χ0v) is 24.8. The number of rotatable bonds is 4. The van der Waals surface area contributed by atoms with Gasteiger partial charge in [0.25, 0.3) is 0 Å². The summed E-state index contributed by atoms with van der Waals surface area (Å²) in [5.41, 5.74) is 4.15. The zero-order chi connectivity index (χ0) is 29.0. The van der Waals surface area contributed by atoms with Gasteiger partial charge in [0.15, 0.2) is 11.6 Å². The average Bonchev–Trinajstić information content (AvgIpc) is 3.60. The van der Waals surface area contributed by atoms with E-state index in [2.05, 4.69) is 108 Å². The topological polar surface area (TPSA) is 43.6 Å². The Morgan fingerprint density at radius 3 is 1.91 bits per heavy atom. The van der Waals surface area contributed by atoms with Gasteiger partial charge in [0.1, 0.15) is 0 Å². The van der Waals surface area contributed by atoms with Gasteiger partial charge < -0.3 is 0 Å². The summed E-state index contributed by atoms with van der Waals surface area (Å²) < 4.78 is 2.25. The van der Waals surface area contributed by atoms with E-state index in [4.69, 9.17) is 15.0 Å². The summed E-state index contributed by atoms with van der Waals surface area (Å²) in [5.74, 6) is 1.95. The van der Waals surface area contributed by atoms with Gasteiger partial charge in [-0.25, -0.2) is 4.98 Å². The lowest BCUT2D eigenvalue weighted by Crippen LogP contribution is -2.06. The van der Waals surface area contributed by atoms with Crippen molar-refractivity contribution in [1.82, 2.24) is 19.5 Å². The molecule has 5 heteroatoms. The Balaban J connectivity index is 1.40. The van der Waals surface area contributed by atoms with E-state index in [1.165, 1.54) is 37.1 Å². The molecule has 208 valence electrons. The Hall–Kier alpha value is -5.31. The van der Waals surface area contributed by atoms with Crippen molar-refractivity contribution in [3.05, 3.63) is 140 Å². The van der Waals surface area contributed by atoms with Gasteiger partial charge in [0, 0.05) is 32.1 Å². The van der Waals surface area contributed by atoms with Crippen LogP contribution < -0.4 is 0 Å². The zero-order valence-electron chi connectivity index (χ0n) is 23.9. The largest absolute Gasteiger partial charge is 0.278 e. The maximum absolute atomic E-state index is 5.14. The maximum atomic E-state index is 5.14. The molecule has 4 nitrogen and oxygen atoms in total. The summed E-state index contributed by atoms with van der Waals surface area (Å²) in [6.07, 6.45) is 9.06. The number of para-hydroxylation sites is 1. The summed E-state index contributed by atoms with van der Waals surface area (Å²) in [7, 11) is -0.620. The van der Waals surface area contributed by atoms with E-state index in [0.29, 0.717) is 17.6 Å². The summed E-state index contributed by atoms with van der Waals surface area (Å²) >= 11 is 0. The minimum Gasteiger partial charge on any atom is -0.278 e. The molecule has 1 aliphatic carbocycles. The molecule has 0 saturated heterocycles. The number of aromatic nitrogens is 4. The van der Waals surface area contributed by atoms with E-state index in [1.54, 1.807) is 0 Å². The van der Waals surface area contributed by atoms with Crippen molar-refractivity contribution >= 4 is 55.7 Å². The highest BCUT2D eigenvalue weighted by Crippen LogP contribution is 2.58. The Morgan fingerprint density at radius 1 is 0.545 bits per heavy atom. The van der Waals surface area contributed by atoms with Gasteiger partial charge in [-0.05, 0) is 47.1 Å². The molecule has 3 heterocycles. The Kier molecular flexibility index (Phi) is 5.82. The van der Waals surface area contributed by atoms with Crippen molar-refractivity contribution in [1.29, 1.82) is 0 Å². The molecule has 3 aromatic heterocycles. The molecule has 9 rings (SSSR count). The first-order valence-electron chi connectivity index (χ1n) is 15.0. The van der Waals surface area contributed by atoms with Gasteiger partial charge in [-0.2, -0.15) is 9.97 Å². The lowest BCUT2D eigenvalue weighted by Gasteiger charge is -2.12. The van der Waals surface area contributed by atoms with Crippen molar-refractivity contribution in [2.45, 2.75) is 12.8 Å². The first kappa shape index (κ1) is 25.2. The fourth-order valence-electron chi connectivity index (χ4n) is 6.63. The fourth-order valence-corrected chi connectivity index (χ4v) is 9.44. The molecule has 0 saturated carbocycles. The highest BCUT2D eigenvalue weighted by Gasteiger charge is 2.21. The molecule has 8 aromatic rings. The number of hydrogen-bond acceptors (Lipinski definition) is 3. The van der Waals surface area contributed by atoms with Crippen LogP contribution in [0.3, 0.4) is 0 Å². The van der Waals surface area contributed by atoms with Crippen molar-refractivity contribution in [3.63, 3.8) is 0 Å². The predicted molar refractivity (Wildman–Crippen MR) is 185 cm³/mol. The molecule has 0 fully saturated rings. The van der Waals surface area contributed by atoms with Gasteiger partial charge in [0.2, 0.25) is 5.95 Å². The molecule has 0 N–H and O–H groups in total.